The Morgan fingerprint density at radius 1 is 1.67 bits per heavy atom. The fourth-order valence-electron chi connectivity index (χ4n) is 0.696. The molecule has 2 nitrogen and oxygen atoms in total. The van der Waals surface area contributed by atoms with Crippen LogP contribution in [0.4, 0.5) is 0 Å². The van der Waals surface area contributed by atoms with Gasteiger partial charge >= 0.3 is 0 Å². The molecule has 0 unspecified atom stereocenters. The van der Waals surface area contributed by atoms with Gasteiger partial charge in [0.1, 0.15) is 0 Å². The maximum Gasteiger partial charge on any atom is 0.181 e. The molecule has 0 saturated heterocycles. The van der Waals surface area contributed by atoms with Crippen molar-refractivity contribution < 1.29 is 0 Å². The Labute approximate surface area is 53.5 Å². The van der Waals surface area contributed by atoms with Crippen molar-refractivity contribution in [2.24, 2.45) is 0 Å². The van der Waals surface area contributed by atoms with Crippen LogP contribution in [0.3, 0.4) is 0 Å². The molecule has 0 fully saturated rings. The number of hydrogen-bond donors (Lipinski definition) is 1. The number of pyridine rings is 1. The zero-order valence-corrected chi connectivity index (χ0v) is 5.35. The molecule has 1 N–H and O–H groups in total. The second-order valence-electron chi connectivity index (χ2n) is 1.90. The molecule has 1 aromatic heterocycles. The Bertz CT molecular complexity index is 239. The van der Waals surface area contributed by atoms with Gasteiger partial charge < -0.3 is 4.98 Å². The minimum absolute atomic E-state index is 0.0746. The van der Waals surface area contributed by atoms with Crippen molar-refractivity contribution >= 4 is 0 Å². The molecule has 0 bridgehead atoms. The van der Waals surface area contributed by atoms with Crippen LogP contribution in [-0.4, -0.2) is 4.98 Å². The van der Waals surface area contributed by atoms with Crippen molar-refractivity contribution in [1.29, 1.82) is 0 Å². The largest absolute Gasteiger partial charge is 0.365 e. The molecule has 1 rings (SSSR count). The lowest BCUT2D eigenvalue weighted by Gasteiger charge is -1.91. The second-order valence-corrected chi connectivity index (χ2v) is 1.90. The normalized spacial score (nSPS) is 9.44. The first-order chi connectivity index (χ1) is 4.33. The number of rotatable bonds is 1. The van der Waals surface area contributed by atoms with Crippen LogP contribution >= 0.6 is 0 Å². The third-order valence-electron chi connectivity index (χ3n) is 1.21. The van der Waals surface area contributed by atoms with E-state index in [4.69, 9.17) is 0 Å². The van der Waals surface area contributed by atoms with Crippen LogP contribution in [0.15, 0.2) is 23.1 Å². The molecule has 0 atom stereocenters. The summed E-state index contributed by atoms with van der Waals surface area (Å²) in [4.78, 5) is 13.6. The molecule has 48 valence electrons. The highest BCUT2D eigenvalue weighted by Crippen LogP contribution is 1.86. The Morgan fingerprint density at radius 2 is 2.44 bits per heavy atom. The summed E-state index contributed by atoms with van der Waals surface area (Å²) in [5, 5.41) is 0. The van der Waals surface area contributed by atoms with E-state index in [9.17, 15) is 4.79 Å². The number of nitrogens with one attached hydrogen (secondary N) is 1. The predicted molar refractivity (Wildman–Crippen MR) is 36.4 cm³/mol. The van der Waals surface area contributed by atoms with E-state index in [1.165, 1.54) is 6.07 Å². The average Bonchev–Trinajstić information content (AvgIpc) is 1.88. The standard InChI is InChI=1S/C7H9NO/c1-2-6-5-7(9)3-4-8-6/h3-5H,2H2,1H3,(H,8,9). The third kappa shape index (κ3) is 1.42. The van der Waals surface area contributed by atoms with Gasteiger partial charge in [-0.25, -0.2) is 0 Å². The number of H-pyrrole nitrogens is 1. The molecule has 0 spiro atoms. The van der Waals surface area contributed by atoms with Gasteiger partial charge in [0.15, 0.2) is 5.43 Å². The Morgan fingerprint density at radius 3 is 2.89 bits per heavy atom. The van der Waals surface area contributed by atoms with Gasteiger partial charge in [-0.1, -0.05) is 6.92 Å². The fourth-order valence-corrected chi connectivity index (χ4v) is 0.696. The van der Waals surface area contributed by atoms with E-state index in [-0.39, 0.29) is 5.43 Å². The summed E-state index contributed by atoms with van der Waals surface area (Å²) >= 11 is 0. The molecule has 0 aromatic carbocycles. The van der Waals surface area contributed by atoms with Gasteiger partial charge in [-0.05, 0) is 6.42 Å². The molecule has 0 radical (unpaired) electrons. The number of aromatic nitrogens is 1. The van der Waals surface area contributed by atoms with Crippen LogP contribution < -0.4 is 5.43 Å². The lowest BCUT2D eigenvalue weighted by molar-refractivity contribution is 1.03. The van der Waals surface area contributed by atoms with Crippen molar-refractivity contribution in [3.05, 3.63) is 34.2 Å². The molecule has 0 saturated carbocycles. The molecule has 0 aliphatic carbocycles. The highest BCUT2D eigenvalue weighted by molar-refractivity contribution is 5.03. The quantitative estimate of drug-likeness (QED) is 0.592. The van der Waals surface area contributed by atoms with E-state index < -0.39 is 0 Å². The third-order valence-corrected chi connectivity index (χ3v) is 1.21. The van der Waals surface area contributed by atoms with Crippen LogP contribution in [0.2, 0.25) is 0 Å². The Hall–Kier alpha value is -1.05. The number of aromatic amines is 1. The van der Waals surface area contributed by atoms with Gasteiger partial charge in [-0.3, -0.25) is 4.79 Å². The minimum atomic E-state index is 0.0746. The van der Waals surface area contributed by atoms with E-state index in [0.29, 0.717) is 0 Å². The SMILES string of the molecule is CCc1cc(=O)cc[nH]1. The number of hydrogen-bond acceptors (Lipinski definition) is 1. The van der Waals surface area contributed by atoms with Crippen LogP contribution in [-0.2, 0) is 6.42 Å². The van der Waals surface area contributed by atoms with E-state index in [2.05, 4.69) is 4.98 Å². The summed E-state index contributed by atoms with van der Waals surface area (Å²) in [6.07, 6.45) is 2.55. The van der Waals surface area contributed by atoms with Gasteiger partial charge in [0.25, 0.3) is 0 Å². The topological polar surface area (TPSA) is 32.9 Å². The van der Waals surface area contributed by atoms with Gasteiger partial charge in [-0.15, -0.1) is 0 Å². The van der Waals surface area contributed by atoms with Gasteiger partial charge in [-0.2, -0.15) is 0 Å². The first kappa shape index (κ1) is 6.08. The monoisotopic (exact) mass is 123 g/mol. The van der Waals surface area contributed by atoms with Gasteiger partial charge in [0.2, 0.25) is 0 Å². The maximum absolute atomic E-state index is 10.6. The van der Waals surface area contributed by atoms with Gasteiger partial charge in [0, 0.05) is 24.0 Å². The van der Waals surface area contributed by atoms with E-state index in [0.717, 1.165) is 12.1 Å². The van der Waals surface area contributed by atoms with Crippen LogP contribution in [0, 0.1) is 0 Å². The van der Waals surface area contributed by atoms with Crippen molar-refractivity contribution in [2.75, 3.05) is 0 Å². The molecule has 2 heteroatoms. The van der Waals surface area contributed by atoms with Crippen molar-refractivity contribution in [3.8, 4) is 0 Å². The minimum Gasteiger partial charge on any atom is -0.365 e. The van der Waals surface area contributed by atoms with Crippen molar-refractivity contribution in [1.82, 2.24) is 4.98 Å². The molecule has 0 aliphatic rings. The summed E-state index contributed by atoms with van der Waals surface area (Å²) in [7, 11) is 0. The predicted octanol–water partition coefficient (Wildman–Crippen LogP) is 0.937. The first-order valence-electron chi connectivity index (χ1n) is 3.00. The van der Waals surface area contributed by atoms with Gasteiger partial charge in [0.05, 0.1) is 0 Å². The Kier molecular flexibility index (Phi) is 1.68. The van der Waals surface area contributed by atoms with Crippen molar-refractivity contribution in [2.45, 2.75) is 13.3 Å². The molecule has 9 heavy (non-hydrogen) atoms. The summed E-state index contributed by atoms with van der Waals surface area (Å²) in [6.45, 7) is 2.01. The summed E-state index contributed by atoms with van der Waals surface area (Å²) < 4.78 is 0. The van der Waals surface area contributed by atoms with Crippen LogP contribution in [0.5, 0.6) is 0 Å². The van der Waals surface area contributed by atoms with E-state index in [1.807, 2.05) is 6.92 Å². The summed E-state index contributed by atoms with van der Waals surface area (Å²) in [6, 6.07) is 3.12. The lowest BCUT2D eigenvalue weighted by Crippen LogP contribution is -1.99. The molecule has 0 aliphatic heterocycles. The lowest BCUT2D eigenvalue weighted by atomic mass is 10.3. The van der Waals surface area contributed by atoms with Crippen LogP contribution in [0.1, 0.15) is 12.6 Å². The maximum atomic E-state index is 10.6. The average molecular weight is 123 g/mol. The second kappa shape index (κ2) is 2.49. The van der Waals surface area contributed by atoms with Crippen molar-refractivity contribution in [3.63, 3.8) is 0 Å². The summed E-state index contributed by atoms with van der Waals surface area (Å²) in [5.74, 6) is 0. The molecule has 1 aromatic rings. The molecule has 1 heterocycles. The zero-order chi connectivity index (χ0) is 6.69. The highest BCUT2D eigenvalue weighted by Gasteiger charge is 1.85. The smallest absolute Gasteiger partial charge is 0.181 e. The first-order valence-corrected chi connectivity index (χ1v) is 3.00. The van der Waals surface area contributed by atoms with E-state index in [1.54, 1.807) is 12.3 Å². The van der Waals surface area contributed by atoms with E-state index >= 15 is 0 Å². The highest BCUT2D eigenvalue weighted by atomic mass is 16.1. The molecular weight excluding hydrogens is 114 g/mol. The molecule has 0 amide bonds. The van der Waals surface area contributed by atoms with Crippen LogP contribution in [0.25, 0.3) is 0 Å². The number of aryl methyl sites for hydroxylation is 1. The Balaban J connectivity index is 3.08. The fraction of sp³-hybridized carbons (Fsp3) is 0.286. The molecular formula is C7H9NO. The summed E-state index contributed by atoms with van der Waals surface area (Å²) in [5.41, 5.74) is 1.06. The zero-order valence-electron chi connectivity index (χ0n) is 5.35.